The average Bonchev–Trinajstić information content (AvgIpc) is 3.41. The zero-order valence-corrected chi connectivity index (χ0v) is 14.5. The van der Waals surface area contributed by atoms with Crippen molar-refractivity contribution in [2.75, 3.05) is 19.6 Å². The lowest BCUT2D eigenvalue weighted by Gasteiger charge is -2.31. The zero-order chi connectivity index (χ0) is 18.0. The molecule has 2 N–H and O–H groups in total. The summed E-state index contributed by atoms with van der Waals surface area (Å²) in [6.45, 7) is 3.34. The van der Waals surface area contributed by atoms with E-state index >= 15 is 0 Å². The Morgan fingerprint density at radius 3 is 2.48 bits per heavy atom. The number of carbonyl (C=O) groups excluding carboxylic acids is 2. The number of nitrogens with zero attached hydrogens (tertiary/aromatic N) is 1. The largest absolute Gasteiger partial charge is 0.478 e. The van der Waals surface area contributed by atoms with Gasteiger partial charge >= 0.3 is 5.97 Å². The quantitative estimate of drug-likeness (QED) is 0.853. The van der Waals surface area contributed by atoms with Crippen LogP contribution in [-0.2, 0) is 15.0 Å². The third kappa shape index (κ3) is 3.83. The minimum atomic E-state index is -0.933. The SMILES string of the molecule is CC(=O)N1CCCC(C(=O)NCC2(c3ccc(C(=O)O)cc3)CC2)C1. The lowest BCUT2D eigenvalue weighted by atomic mass is 9.93. The molecule has 6 nitrogen and oxygen atoms in total. The van der Waals surface area contributed by atoms with Gasteiger partial charge in [-0.15, -0.1) is 0 Å². The third-order valence-corrected chi connectivity index (χ3v) is 5.44. The van der Waals surface area contributed by atoms with Gasteiger partial charge in [0.25, 0.3) is 0 Å². The molecule has 2 aliphatic rings. The van der Waals surface area contributed by atoms with Crippen LogP contribution in [0.4, 0.5) is 0 Å². The molecule has 0 aromatic heterocycles. The van der Waals surface area contributed by atoms with E-state index in [0.717, 1.165) is 37.8 Å². The molecule has 2 fully saturated rings. The standard InChI is InChI=1S/C19H24N2O4/c1-13(22)21-10-2-3-15(11-21)17(23)20-12-19(8-9-19)16-6-4-14(5-7-16)18(24)25/h4-7,15H,2-3,8-12H2,1H3,(H,20,23)(H,24,25). The Morgan fingerprint density at radius 1 is 1.24 bits per heavy atom. The summed E-state index contributed by atoms with van der Waals surface area (Å²) >= 11 is 0. The van der Waals surface area contributed by atoms with Gasteiger partial charge in [0.2, 0.25) is 11.8 Å². The fraction of sp³-hybridized carbons (Fsp3) is 0.526. The van der Waals surface area contributed by atoms with Crippen LogP contribution in [0.1, 0.15) is 48.5 Å². The highest BCUT2D eigenvalue weighted by atomic mass is 16.4. The van der Waals surface area contributed by atoms with Crippen LogP contribution in [0.2, 0.25) is 0 Å². The number of carbonyl (C=O) groups is 3. The first-order chi connectivity index (χ1) is 11.9. The zero-order valence-electron chi connectivity index (χ0n) is 14.5. The Morgan fingerprint density at radius 2 is 1.92 bits per heavy atom. The molecule has 0 spiro atoms. The molecule has 1 aliphatic carbocycles. The third-order valence-electron chi connectivity index (χ3n) is 5.44. The second-order valence-electron chi connectivity index (χ2n) is 7.18. The van der Waals surface area contributed by atoms with Crippen molar-refractivity contribution < 1.29 is 19.5 Å². The molecular formula is C19H24N2O4. The van der Waals surface area contributed by atoms with Gasteiger partial charge in [0.15, 0.2) is 0 Å². The van der Waals surface area contributed by atoms with E-state index < -0.39 is 5.97 Å². The number of aromatic carboxylic acids is 1. The van der Waals surface area contributed by atoms with Crippen LogP contribution in [-0.4, -0.2) is 47.4 Å². The number of carboxylic acids is 1. The number of benzene rings is 1. The lowest BCUT2D eigenvalue weighted by Crippen LogP contribution is -2.46. The Balaban J connectivity index is 1.58. The molecule has 1 heterocycles. The van der Waals surface area contributed by atoms with Crippen LogP contribution in [0.5, 0.6) is 0 Å². The second-order valence-corrected chi connectivity index (χ2v) is 7.18. The highest BCUT2D eigenvalue weighted by Gasteiger charge is 2.44. The molecule has 1 atom stereocenters. The van der Waals surface area contributed by atoms with Crippen molar-refractivity contribution in [3.8, 4) is 0 Å². The summed E-state index contributed by atoms with van der Waals surface area (Å²) in [6, 6.07) is 6.93. The number of hydrogen-bond acceptors (Lipinski definition) is 3. The molecule has 1 saturated heterocycles. The van der Waals surface area contributed by atoms with Crippen LogP contribution in [0.15, 0.2) is 24.3 Å². The molecule has 1 saturated carbocycles. The van der Waals surface area contributed by atoms with Gasteiger partial charge in [0, 0.05) is 32.0 Å². The van der Waals surface area contributed by atoms with Gasteiger partial charge in [-0.3, -0.25) is 9.59 Å². The topological polar surface area (TPSA) is 86.7 Å². The molecule has 6 heteroatoms. The molecule has 25 heavy (non-hydrogen) atoms. The second kappa shape index (κ2) is 6.86. The van der Waals surface area contributed by atoms with E-state index in [1.54, 1.807) is 24.0 Å². The predicted octanol–water partition coefficient (Wildman–Crippen LogP) is 1.79. The smallest absolute Gasteiger partial charge is 0.335 e. The van der Waals surface area contributed by atoms with Gasteiger partial charge in [-0.2, -0.15) is 0 Å². The van der Waals surface area contributed by atoms with Crippen molar-refractivity contribution in [2.45, 2.75) is 38.0 Å². The van der Waals surface area contributed by atoms with E-state index in [4.69, 9.17) is 5.11 Å². The normalized spacial score (nSPS) is 21.5. The summed E-state index contributed by atoms with van der Waals surface area (Å²) < 4.78 is 0. The number of likely N-dealkylation sites (tertiary alicyclic amines) is 1. The monoisotopic (exact) mass is 344 g/mol. The lowest BCUT2D eigenvalue weighted by molar-refractivity contribution is -0.134. The Labute approximate surface area is 147 Å². The van der Waals surface area contributed by atoms with Gasteiger partial charge in [-0.1, -0.05) is 12.1 Å². The molecule has 134 valence electrons. The fourth-order valence-corrected chi connectivity index (χ4v) is 3.56. The first-order valence-electron chi connectivity index (χ1n) is 8.78. The molecule has 1 aromatic rings. The fourth-order valence-electron chi connectivity index (χ4n) is 3.56. The Hall–Kier alpha value is -2.37. The van der Waals surface area contributed by atoms with E-state index in [1.807, 2.05) is 12.1 Å². The van der Waals surface area contributed by atoms with Crippen LogP contribution in [0.25, 0.3) is 0 Å². The van der Waals surface area contributed by atoms with Crippen LogP contribution < -0.4 is 5.32 Å². The summed E-state index contributed by atoms with van der Waals surface area (Å²) in [4.78, 5) is 36.7. The Bertz CT molecular complexity index is 679. The Kier molecular flexibility index (Phi) is 4.79. The van der Waals surface area contributed by atoms with Crippen molar-refractivity contribution in [1.29, 1.82) is 0 Å². The maximum absolute atomic E-state index is 12.5. The minimum absolute atomic E-state index is 0.0133. The molecule has 1 aromatic carbocycles. The number of carboxylic acid groups (broad SMARTS) is 1. The summed E-state index contributed by atoms with van der Waals surface area (Å²) in [5.74, 6) is -1.03. The van der Waals surface area contributed by atoms with Crippen LogP contribution in [0.3, 0.4) is 0 Å². The van der Waals surface area contributed by atoms with Gasteiger partial charge in [0.1, 0.15) is 0 Å². The van der Waals surface area contributed by atoms with Crippen molar-refractivity contribution in [3.05, 3.63) is 35.4 Å². The molecule has 0 radical (unpaired) electrons. The molecular weight excluding hydrogens is 320 g/mol. The first-order valence-corrected chi connectivity index (χ1v) is 8.78. The molecule has 0 bridgehead atoms. The van der Waals surface area contributed by atoms with Gasteiger partial charge in [-0.05, 0) is 43.4 Å². The molecule has 1 aliphatic heterocycles. The van der Waals surface area contributed by atoms with Gasteiger partial charge in [0.05, 0.1) is 11.5 Å². The first kappa shape index (κ1) is 17.5. The number of hydrogen-bond donors (Lipinski definition) is 2. The maximum Gasteiger partial charge on any atom is 0.335 e. The minimum Gasteiger partial charge on any atom is -0.478 e. The maximum atomic E-state index is 12.5. The van der Waals surface area contributed by atoms with Gasteiger partial charge in [-0.25, -0.2) is 4.79 Å². The molecule has 2 amide bonds. The van der Waals surface area contributed by atoms with E-state index in [-0.39, 0.29) is 28.7 Å². The highest BCUT2D eigenvalue weighted by Crippen LogP contribution is 2.47. The van der Waals surface area contributed by atoms with E-state index in [1.165, 1.54) is 0 Å². The van der Waals surface area contributed by atoms with Crippen molar-refractivity contribution in [1.82, 2.24) is 10.2 Å². The van der Waals surface area contributed by atoms with Crippen molar-refractivity contribution in [2.24, 2.45) is 5.92 Å². The summed E-state index contributed by atoms with van der Waals surface area (Å²) in [6.07, 6.45) is 3.66. The van der Waals surface area contributed by atoms with Crippen molar-refractivity contribution in [3.63, 3.8) is 0 Å². The number of piperidine rings is 1. The van der Waals surface area contributed by atoms with Crippen LogP contribution in [0, 0.1) is 5.92 Å². The summed E-state index contributed by atoms with van der Waals surface area (Å²) in [5.41, 5.74) is 1.28. The predicted molar refractivity (Wildman–Crippen MR) is 92.3 cm³/mol. The number of nitrogens with one attached hydrogen (secondary N) is 1. The highest BCUT2D eigenvalue weighted by molar-refractivity contribution is 5.87. The van der Waals surface area contributed by atoms with E-state index in [0.29, 0.717) is 13.1 Å². The summed E-state index contributed by atoms with van der Waals surface area (Å²) in [5, 5.41) is 12.0. The summed E-state index contributed by atoms with van der Waals surface area (Å²) in [7, 11) is 0. The molecule has 3 rings (SSSR count). The number of amides is 2. The van der Waals surface area contributed by atoms with Gasteiger partial charge < -0.3 is 15.3 Å². The molecule has 1 unspecified atom stereocenters. The van der Waals surface area contributed by atoms with Crippen LogP contribution >= 0.6 is 0 Å². The van der Waals surface area contributed by atoms with E-state index in [9.17, 15) is 14.4 Å². The van der Waals surface area contributed by atoms with E-state index in [2.05, 4.69) is 5.32 Å². The average molecular weight is 344 g/mol. The van der Waals surface area contributed by atoms with Crippen molar-refractivity contribution >= 4 is 17.8 Å². The number of rotatable bonds is 5.